The fourth-order valence-electron chi connectivity index (χ4n) is 5.58. The third-order valence-electron chi connectivity index (χ3n) is 7.20. The molecular formula is C28H34. The quantitative estimate of drug-likeness (QED) is 0.491. The van der Waals surface area contributed by atoms with Gasteiger partial charge in [0.15, 0.2) is 0 Å². The Morgan fingerprint density at radius 2 is 1.36 bits per heavy atom. The van der Waals surface area contributed by atoms with Crippen LogP contribution in [-0.4, -0.2) is 0 Å². The van der Waals surface area contributed by atoms with Crippen LogP contribution in [0.25, 0.3) is 0 Å². The van der Waals surface area contributed by atoms with Crippen molar-refractivity contribution >= 4 is 0 Å². The topological polar surface area (TPSA) is 0 Å². The highest BCUT2D eigenvalue weighted by Crippen LogP contribution is 2.48. The van der Waals surface area contributed by atoms with Crippen molar-refractivity contribution in [3.63, 3.8) is 0 Å². The summed E-state index contributed by atoms with van der Waals surface area (Å²) < 4.78 is 0. The Morgan fingerprint density at radius 1 is 0.750 bits per heavy atom. The lowest BCUT2D eigenvalue weighted by Crippen LogP contribution is -2.30. The van der Waals surface area contributed by atoms with Crippen molar-refractivity contribution < 1.29 is 0 Å². The Bertz CT molecular complexity index is 815. The Morgan fingerprint density at radius 3 is 2.04 bits per heavy atom. The van der Waals surface area contributed by atoms with E-state index in [1.807, 2.05) is 0 Å². The van der Waals surface area contributed by atoms with Gasteiger partial charge in [0.25, 0.3) is 0 Å². The van der Waals surface area contributed by atoms with Crippen molar-refractivity contribution in [3.05, 3.63) is 70.8 Å². The van der Waals surface area contributed by atoms with E-state index in [1.165, 1.54) is 62.5 Å². The zero-order valence-electron chi connectivity index (χ0n) is 17.6. The van der Waals surface area contributed by atoms with Crippen LogP contribution in [0.5, 0.6) is 0 Å². The molecule has 146 valence electrons. The van der Waals surface area contributed by atoms with Gasteiger partial charge in [0.05, 0.1) is 0 Å². The monoisotopic (exact) mass is 370 g/mol. The molecule has 0 bridgehead atoms. The standard InChI is InChI=1S/C28H34/c1-3-4-24-13-16-28-20-27(18-17-26(28)19-24)25-14-11-23(12-15-25)10-9-22-7-5-21(2)6-8-22/h5-8,11-12,14-15,24,26-28H,3-4,13,16-20H2,1-2H3/t24?,26-,27-,28-/m1/s1. The maximum atomic E-state index is 3.32. The summed E-state index contributed by atoms with van der Waals surface area (Å²) in [4.78, 5) is 0. The van der Waals surface area contributed by atoms with Gasteiger partial charge >= 0.3 is 0 Å². The van der Waals surface area contributed by atoms with E-state index in [0.29, 0.717) is 0 Å². The van der Waals surface area contributed by atoms with Crippen molar-refractivity contribution in [1.29, 1.82) is 0 Å². The molecule has 2 saturated carbocycles. The second-order valence-corrected chi connectivity index (χ2v) is 9.24. The largest absolute Gasteiger partial charge is 0.0654 e. The maximum absolute atomic E-state index is 3.32. The fraction of sp³-hybridized carbons (Fsp3) is 0.500. The van der Waals surface area contributed by atoms with Crippen LogP contribution in [-0.2, 0) is 0 Å². The highest BCUT2D eigenvalue weighted by atomic mass is 14.4. The molecule has 28 heavy (non-hydrogen) atoms. The van der Waals surface area contributed by atoms with Gasteiger partial charge in [-0.25, -0.2) is 0 Å². The van der Waals surface area contributed by atoms with Gasteiger partial charge in [-0.05, 0) is 92.5 Å². The van der Waals surface area contributed by atoms with Crippen molar-refractivity contribution in [2.24, 2.45) is 17.8 Å². The summed E-state index contributed by atoms with van der Waals surface area (Å²) in [7, 11) is 0. The highest BCUT2D eigenvalue weighted by Gasteiger charge is 2.35. The molecule has 4 rings (SSSR count). The average molecular weight is 371 g/mol. The second-order valence-electron chi connectivity index (χ2n) is 9.24. The molecule has 4 atom stereocenters. The molecule has 0 spiro atoms. The van der Waals surface area contributed by atoms with E-state index in [4.69, 9.17) is 0 Å². The third kappa shape index (κ3) is 4.70. The van der Waals surface area contributed by atoms with Crippen LogP contribution >= 0.6 is 0 Å². The molecule has 2 aromatic rings. The summed E-state index contributed by atoms with van der Waals surface area (Å²) in [5.41, 5.74) is 5.03. The van der Waals surface area contributed by atoms with Crippen molar-refractivity contribution in [2.45, 2.75) is 71.1 Å². The molecule has 2 aliphatic carbocycles. The van der Waals surface area contributed by atoms with Gasteiger partial charge in [-0.2, -0.15) is 0 Å². The molecule has 0 amide bonds. The van der Waals surface area contributed by atoms with E-state index in [0.717, 1.165) is 34.8 Å². The predicted molar refractivity (Wildman–Crippen MR) is 119 cm³/mol. The zero-order valence-corrected chi connectivity index (χ0v) is 17.6. The fourth-order valence-corrected chi connectivity index (χ4v) is 5.58. The van der Waals surface area contributed by atoms with Crippen molar-refractivity contribution in [2.75, 3.05) is 0 Å². The Hall–Kier alpha value is -2.00. The summed E-state index contributed by atoms with van der Waals surface area (Å²) >= 11 is 0. The first kappa shape index (κ1) is 19.3. The first-order valence-corrected chi connectivity index (χ1v) is 11.4. The van der Waals surface area contributed by atoms with Crippen molar-refractivity contribution in [3.8, 4) is 11.8 Å². The van der Waals surface area contributed by atoms with Gasteiger partial charge in [0.2, 0.25) is 0 Å². The average Bonchev–Trinajstić information content (AvgIpc) is 2.74. The first-order chi connectivity index (χ1) is 13.7. The van der Waals surface area contributed by atoms with Crippen LogP contribution in [0.4, 0.5) is 0 Å². The van der Waals surface area contributed by atoms with Crippen LogP contribution in [0.2, 0.25) is 0 Å². The van der Waals surface area contributed by atoms with Crippen molar-refractivity contribution in [1.82, 2.24) is 0 Å². The van der Waals surface area contributed by atoms with Crippen LogP contribution in [0.1, 0.15) is 86.5 Å². The molecule has 1 unspecified atom stereocenters. The molecule has 0 nitrogen and oxygen atoms in total. The minimum atomic E-state index is 0.767. The van der Waals surface area contributed by atoms with E-state index in [-0.39, 0.29) is 0 Å². The molecule has 0 N–H and O–H groups in total. The lowest BCUT2D eigenvalue weighted by Gasteiger charge is -2.42. The van der Waals surface area contributed by atoms with Crippen LogP contribution in [0, 0.1) is 36.5 Å². The second kappa shape index (κ2) is 9.00. The van der Waals surface area contributed by atoms with Gasteiger partial charge in [-0.15, -0.1) is 0 Å². The number of hydrogen-bond donors (Lipinski definition) is 0. The molecule has 0 aromatic heterocycles. The van der Waals surface area contributed by atoms with E-state index in [9.17, 15) is 0 Å². The number of hydrogen-bond acceptors (Lipinski definition) is 0. The SMILES string of the molecule is CCCC1CC[C@@H]2C[C@H](c3ccc(C#Cc4ccc(C)cc4)cc3)CC[C@@H]2C1. The molecule has 2 aromatic carbocycles. The molecule has 0 radical (unpaired) electrons. The normalized spacial score (nSPS) is 26.8. The first-order valence-electron chi connectivity index (χ1n) is 11.4. The zero-order chi connectivity index (χ0) is 19.3. The number of benzene rings is 2. The van der Waals surface area contributed by atoms with E-state index in [1.54, 1.807) is 0 Å². The van der Waals surface area contributed by atoms with Gasteiger partial charge in [0, 0.05) is 11.1 Å². The summed E-state index contributed by atoms with van der Waals surface area (Å²) in [6, 6.07) is 17.6. The highest BCUT2D eigenvalue weighted by molar-refractivity contribution is 5.44. The van der Waals surface area contributed by atoms with E-state index < -0.39 is 0 Å². The minimum absolute atomic E-state index is 0.767. The summed E-state index contributed by atoms with van der Waals surface area (Å²) in [5.74, 6) is 10.4. The minimum Gasteiger partial charge on any atom is -0.0654 e. The molecule has 0 heterocycles. The summed E-state index contributed by atoms with van der Waals surface area (Å²) in [5, 5.41) is 0. The van der Waals surface area contributed by atoms with Crippen LogP contribution in [0.3, 0.4) is 0 Å². The molecule has 0 heteroatoms. The third-order valence-corrected chi connectivity index (χ3v) is 7.20. The van der Waals surface area contributed by atoms with Gasteiger partial charge < -0.3 is 0 Å². The Balaban J connectivity index is 1.37. The molecule has 0 saturated heterocycles. The maximum Gasteiger partial charge on any atom is 0.0249 e. The lowest BCUT2D eigenvalue weighted by molar-refractivity contribution is 0.114. The van der Waals surface area contributed by atoms with E-state index >= 15 is 0 Å². The summed E-state index contributed by atoms with van der Waals surface area (Å²) in [6.45, 7) is 4.46. The van der Waals surface area contributed by atoms with Crippen LogP contribution < -0.4 is 0 Å². The Labute approximate surface area is 171 Å². The van der Waals surface area contributed by atoms with Gasteiger partial charge in [-0.3, -0.25) is 0 Å². The van der Waals surface area contributed by atoms with Crippen LogP contribution in [0.15, 0.2) is 48.5 Å². The Kier molecular flexibility index (Phi) is 6.21. The van der Waals surface area contributed by atoms with Gasteiger partial charge in [-0.1, -0.05) is 67.9 Å². The molecular weight excluding hydrogens is 336 g/mol. The smallest absolute Gasteiger partial charge is 0.0249 e. The molecule has 2 fully saturated rings. The molecule has 2 aliphatic rings. The number of aryl methyl sites for hydroxylation is 1. The number of fused-ring (bicyclic) bond motifs is 1. The van der Waals surface area contributed by atoms with E-state index in [2.05, 4.69) is 74.2 Å². The number of rotatable bonds is 3. The predicted octanol–water partition coefficient (Wildman–Crippen LogP) is 7.49. The van der Waals surface area contributed by atoms with Gasteiger partial charge in [0.1, 0.15) is 0 Å². The summed E-state index contributed by atoms with van der Waals surface area (Å²) in [6.07, 6.45) is 11.5. The molecule has 0 aliphatic heterocycles. The lowest BCUT2D eigenvalue weighted by atomic mass is 9.63.